The molecule has 1 amide bonds. The van der Waals surface area contributed by atoms with Gasteiger partial charge in [0, 0.05) is 35.1 Å². The number of ether oxygens (including phenoxy) is 1. The van der Waals surface area contributed by atoms with Crippen LogP contribution in [0.25, 0.3) is 11.3 Å². The van der Waals surface area contributed by atoms with E-state index in [1.807, 2.05) is 54.6 Å². The SMILES string of the molecule is CC(C)NS(=O)(=O)c1cc(NCc2cccc(-c3ccco3)c2)cc(C(=O)Nc2ccc3c(c2)COC3)c1. The maximum Gasteiger partial charge on any atom is 0.255 e. The molecule has 2 heterocycles. The van der Waals surface area contributed by atoms with Crippen molar-refractivity contribution in [2.45, 2.75) is 44.5 Å². The lowest BCUT2D eigenvalue weighted by molar-refractivity contribution is 0.102. The Bertz CT molecular complexity index is 1560. The number of carbonyl (C=O) groups is 1. The van der Waals surface area contributed by atoms with Crippen LogP contribution < -0.4 is 15.4 Å². The van der Waals surface area contributed by atoms with Crippen molar-refractivity contribution in [2.24, 2.45) is 0 Å². The fourth-order valence-electron chi connectivity index (χ4n) is 4.30. The molecule has 9 heteroatoms. The zero-order valence-corrected chi connectivity index (χ0v) is 22.0. The van der Waals surface area contributed by atoms with Crippen molar-refractivity contribution in [2.75, 3.05) is 10.6 Å². The van der Waals surface area contributed by atoms with Crippen molar-refractivity contribution in [3.05, 3.63) is 101 Å². The van der Waals surface area contributed by atoms with Gasteiger partial charge in [-0.2, -0.15) is 0 Å². The molecular weight excluding hydrogens is 502 g/mol. The number of hydrogen-bond donors (Lipinski definition) is 3. The molecule has 1 aliphatic rings. The van der Waals surface area contributed by atoms with Gasteiger partial charge in [-0.25, -0.2) is 13.1 Å². The highest BCUT2D eigenvalue weighted by molar-refractivity contribution is 7.89. The molecule has 0 atom stereocenters. The maximum absolute atomic E-state index is 13.2. The van der Waals surface area contributed by atoms with Crippen LogP contribution in [0.5, 0.6) is 0 Å². The number of nitrogens with one attached hydrogen (secondary N) is 3. The van der Waals surface area contributed by atoms with E-state index in [9.17, 15) is 13.2 Å². The van der Waals surface area contributed by atoms with E-state index in [-0.39, 0.29) is 16.5 Å². The molecule has 0 saturated heterocycles. The zero-order valence-electron chi connectivity index (χ0n) is 21.2. The molecule has 3 N–H and O–H groups in total. The van der Waals surface area contributed by atoms with Crippen LogP contribution in [-0.4, -0.2) is 20.4 Å². The van der Waals surface area contributed by atoms with Crippen LogP contribution in [0, 0.1) is 0 Å². The summed E-state index contributed by atoms with van der Waals surface area (Å²) >= 11 is 0. The molecule has 0 spiro atoms. The second kappa shape index (κ2) is 10.8. The van der Waals surface area contributed by atoms with E-state index < -0.39 is 15.9 Å². The van der Waals surface area contributed by atoms with Crippen LogP contribution in [0.1, 0.15) is 40.9 Å². The molecule has 0 radical (unpaired) electrons. The predicted octanol–water partition coefficient (Wildman–Crippen LogP) is 5.53. The number of furan rings is 1. The third-order valence-electron chi connectivity index (χ3n) is 6.08. The first kappa shape index (κ1) is 25.7. The van der Waals surface area contributed by atoms with Gasteiger partial charge < -0.3 is 19.8 Å². The standard InChI is InChI=1S/C29H29N3O5S/c1-19(2)32-38(34,35)27-14-23(29(33)31-25-9-8-22-17-36-18-24(22)13-25)12-26(15-27)30-16-20-5-3-6-21(11-20)28-7-4-10-37-28/h3-15,19,30,32H,16-18H2,1-2H3,(H,31,33). The fourth-order valence-corrected chi connectivity index (χ4v) is 5.62. The Morgan fingerprint density at radius 1 is 0.921 bits per heavy atom. The number of rotatable bonds is 9. The van der Waals surface area contributed by atoms with Crippen molar-refractivity contribution >= 4 is 27.3 Å². The van der Waals surface area contributed by atoms with Crippen LogP contribution in [0.2, 0.25) is 0 Å². The summed E-state index contributed by atoms with van der Waals surface area (Å²) in [5, 5.41) is 6.16. The van der Waals surface area contributed by atoms with Crippen molar-refractivity contribution in [3.8, 4) is 11.3 Å². The highest BCUT2D eigenvalue weighted by atomic mass is 32.2. The molecule has 0 saturated carbocycles. The minimum atomic E-state index is -3.84. The minimum absolute atomic E-state index is 0.00744. The number of anilines is 2. The summed E-state index contributed by atoms with van der Waals surface area (Å²) < 4.78 is 39.6. The normalized spacial score (nSPS) is 12.9. The van der Waals surface area contributed by atoms with Gasteiger partial charge in [0.2, 0.25) is 10.0 Å². The molecule has 0 bridgehead atoms. The second-order valence-electron chi connectivity index (χ2n) is 9.48. The second-order valence-corrected chi connectivity index (χ2v) is 11.2. The molecule has 1 aromatic heterocycles. The quantitative estimate of drug-likeness (QED) is 0.262. The Hall–Kier alpha value is -3.92. The molecular formula is C29H29N3O5S. The van der Waals surface area contributed by atoms with Gasteiger partial charge in [0.05, 0.1) is 24.4 Å². The van der Waals surface area contributed by atoms with Crippen LogP contribution in [0.15, 0.2) is 88.4 Å². The molecule has 8 nitrogen and oxygen atoms in total. The maximum atomic E-state index is 13.2. The molecule has 0 unspecified atom stereocenters. The number of benzene rings is 3. The molecule has 0 aliphatic carbocycles. The Kier molecular flexibility index (Phi) is 7.33. The lowest BCUT2D eigenvalue weighted by Crippen LogP contribution is -2.30. The van der Waals surface area contributed by atoms with E-state index >= 15 is 0 Å². The Morgan fingerprint density at radius 3 is 2.55 bits per heavy atom. The van der Waals surface area contributed by atoms with Gasteiger partial charge in [0.1, 0.15) is 5.76 Å². The molecule has 38 heavy (non-hydrogen) atoms. The first-order valence-corrected chi connectivity index (χ1v) is 13.8. The number of fused-ring (bicyclic) bond motifs is 1. The van der Waals surface area contributed by atoms with Crippen molar-refractivity contribution in [1.29, 1.82) is 0 Å². The van der Waals surface area contributed by atoms with Gasteiger partial charge in [-0.3, -0.25) is 4.79 Å². The summed E-state index contributed by atoms with van der Waals surface area (Å²) in [7, 11) is -3.84. The largest absolute Gasteiger partial charge is 0.464 e. The highest BCUT2D eigenvalue weighted by Gasteiger charge is 2.20. The summed E-state index contributed by atoms with van der Waals surface area (Å²) in [5.74, 6) is 0.352. The van der Waals surface area contributed by atoms with Gasteiger partial charge in [-0.05, 0) is 79.1 Å². The van der Waals surface area contributed by atoms with E-state index in [0.29, 0.717) is 31.1 Å². The van der Waals surface area contributed by atoms with Crippen LogP contribution in [0.3, 0.4) is 0 Å². The summed E-state index contributed by atoms with van der Waals surface area (Å²) in [5.41, 5.74) is 5.38. The number of hydrogen-bond acceptors (Lipinski definition) is 6. The highest BCUT2D eigenvalue weighted by Crippen LogP contribution is 2.26. The molecule has 3 aromatic carbocycles. The number of amides is 1. The lowest BCUT2D eigenvalue weighted by atomic mass is 10.1. The van der Waals surface area contributed by atoms with Crippen molar-refractivity contribution in [3.63, 3.8) is 0 Å². The Morgan fingerprint density at radius 2 is 1.76 bits per heavy atom. The first-order valence-electron chi connectivity index (χ1n) is 12.3. The monoisotopic (exact) mass is 531 g/mol. The molecule has 5 rings (SSSR count). The van der Waals surface area contributed by atoms with Crippen LogP contribution in [-0.2, 0) is 34.5 Å². The third-order valence-corrected chi connectivity index (χ3v) is 7.72. The zero-order chi connectivity index (χ0) is 26.7. The van der Waals surface area contributed by atoms with Gasteiger partial charge >= 0.3 is 0 Å². The minimum Gasteiger partial charge on any atom is -0.464 e. The number of carbonyl (C=O) groups excluding carboxylic acids is 1. The molecule has 196 valence electrons. The predicted molar refractivity (Wildman–Crippen MR) is 146 cm³/mol. The van der Waals surface area contributed by atoms with Crippen molar-refractivity contribution in [1.82, 2.24) is 4.72 Å². The van der Waals surface area contributed by atoms with Crippen LogP contribution in [0.4, 0.5) is 11.4 Å². The molecule has 4 aromatic rings. The molecule has 0 fully saturated rings. The van der Waals surface area contributed by atoms with Gasteiger partial charge in [0.25, 0.3) is 5.91 Å². The summed E-state index contributed by atoms with van der Waals surface area (Å²) in [6.45, 7) is 4.98. The van der Waals surface area contributed by atoms with E-state index in [2.05, 4.69) is 15.4 Å². The Labute approximate surface area is 222 Å². The summed E-state index contributed by atoms with van der Waals surface area (Å²) in [4.78, 5) is 13.2. The fraction of sp³-hybridized carbons (Fsp3) is 0.207. The van der Waals surface area contributed by atoms with Gasteiger partial charge in [-0.1, -0.05) is 24.3 Å². The number of sulfonamides is 1. The topological polar surface area (TPSA) is 110 Å². The van der Waals surface area contributed by atoms with Gasteiger partial charge in [0.15, 0.2) is 0 Å². The van der Waals surface area contributed by atoms with E-state index in [0.717, 1.165) is 28.0 Å². The van der Waals surface area contributed by atoms with E-state index in [1.165, 1.54) is 12.1 Å². The van der Waals surface area contributed by atoms with Crippen LogP contribution >= 0.6 is 0 Å². The summed E-state index contributed by atoms with van der Waals surface area (Å²) in [6, 6.07) is 21.5. The first-order chi connectivity index (χ1) is 18.3. The van der Waals surface area contributed by atoms with E-state index in [4.69, 9.17) is 9.15 Å². The molecule has 1 aliphatic heterocycles. The average molecular weight is 532 g/mol. The summed E-state index contributed by atoms with van der Waals surface area (Å²) in [6.07, 6.45) is 1.63. The smallest absolute Gasteiger partial charge is 0.255 e. The third kappa shape index (κ3) is 5.96. The van der Waals surface area contributed by atoms with E-state index in [1.54, 1.807) is 26.2 Å². The Balaban J connectivity index is 1.41. The van der Waals surface area contributed by atoms with Crippen molar-refractivity contribution < 1.29 is 22.4 Å². The average Bonchev–Trinajstić information content (AvgIpc) is 3.59. The lowest BCUT2D eigenvalue weighted by Gasteiger charge is -2.15. The van der Waals surface area contributed by atoms with Gasteiger partial charge in [-0.15, -0.1) is 0 Å².